The zero-order chi connectivity index (χ0) is 10.9. The van der Waals surface area contributed by atoms with Crippen LogP contribution in [-0.4, -0.2) is 35.2 Å². The maximum atomic E-state index is 11.8. The zero-order valence-corrected chi connectivity index (χ0v) is 9.50. The van der Waals surface area contributed by atoms with Gasteiger partial charge in [0.1, 0.15) is 0 Å². The van der Waals surface area contributed by atoms with Gasteiger partial charge in [0.15, 0.2) is 0 Å². The number of H-pyrrole nitrogens is 1. The molecule has 1 saturated heterocycles. The molecule has 0 aromatic carbocycles. The van der Waals surface area contributed by atoms with Crippen molar-refractivity contribution in [3.63, 3.8) is 0 Å². The molecule has 0 aliphatic carbocycles. The first-order valence-corrected chi connectivity index (χ1v) is 6.75. The summed E-state index contributed by atoms with van der Waals surface area (Å²) in [5.41, 5.74) is 0.893. The van der Waals surface area contributed by atoms with Crippen LogP contribution >= 0.6 is 0 Å². The molecule has 15 heavy (non-hydrogen) atoms. The Kier molecular flexibility index (Phi) is 2.79. The lowest BCUT2D eigenvalue weighted by molar-refractivity contribution is 0.391. The monoisotopic (exact) mass is 229 g/mol. The normalized spacial score (nSPS) is 23.4. The number of rotatable bonds is 3. The number of sulfonamides is 1. The molecule has 0 radical (unpaired) electrons. The summed E-state index contributed by atoms with van der Waals surface area (Å²) in [6, 6.07) is 1.80. The van der Waals surface area contributed by atoms with E-state index in [0.29, 0.717) is 6.54 Å². The van der Waals surface area contributed by atoms with Crippen LogP contribution in [0.3, 0.4) is 0 Å². The number of aromatic nitrogens is 2. The van der Waals surface area contributed by atoms with E-state index < -0.39 is 10.0 Å². The minimum Gasteiger partial charge on any atom is -0.281 e. The average Bonchev–Trinajstić information content (AvgIpc) is 2.87. The predicted molar refractivity (Wildman–Crippen MR) is 56.7 cm³/mol. The molecule has 2 rings (SSSR count). The minimum absolute atomic E-state index is 0.0440. The standard InChI is InChI=1S/C9H15N3O2S/c1-2-15(13,14)12-7-3-4-9(12)8-5-6-10-11-8/h5-6,9H,2-4,7H2,1H3,(H,10,11)/t9-/m1/s1. The van der Waals surface area contributed by atoms with Gasteiger partial charge in [0, 0.05) is 12.7 Å². The zero-order valence-electron chi connectivity index (χ0n) is 8.68. The Hall–Kier alpha value is -0.880. The third-order valence-electron chi connectivity index (χ3n) is 2.81. The van der Waals surface area contributed by atoms with Crippen molar-refractivity contribution in [3.05, 3.63) is 18.0 Å². The smallest absolute Gasteiger partial charge is 0.214 e. The van der Waals surface area contributed by atoms with Crippen molar-refractivity contribution in [2.24, 2.45) is 0 Å². The molecule has 6 heteroatoms. The van der Waals surface area contributed by atoms with Crippen LogP contribution in [0.25, 0.3) is 0 Å². The fraction of sp³-hybridized carbons (Fsp3) is 0.667. The molecule has 1 aliphatic rings. The van der Waals surface area contributed by atoms with E-state index in [2.05, 4.69) is 10.2 Å². The predicted octanol–water partition coefficient (Wildman–Crippen LogP) is 0.896. The van der Waals surface area contributed by atoms with Crippen LogP contribution in [0.2, 0.25) is 0 Å². The fourth-order valence-corrected chi connectivity index (χ4v) is 3.35. The number of hydrogen-bond acceptors (Lipinski definition) is 3. The summed E-state index contributed by atoms with van der Waals surface area (Å²) in [4.78, 5) is 0. The molecule has 1 fully saturated rings. The van der Waals surface area contributed by atoms with Crippen molar-refractivity contribution in [1.82, 2.24) is 14.5 Å². The summed E-state index contributed by atoms with van der Waals surface area (Å²) in [6.45, 7) is 2.30. The molecule has 0 bridgehead atoms. The van der Waals surface area contributed by atoms with E-state index >= 15 is 0 Å². The topological polar surface area (TPSA) is 66.1 Å². The van der Waals surface area contributed by atoms with E-state index in [1.807, 2.05) is 6.07 Å². The average molecular weight is 229 g/mol. The molecule has 1 aromatic rings. The van der Waals surface area contributed by atoms with E-state index in [4.69, 9.17) is 0 Å². The second-order valence-corrected chi connectivity index (χ2v) is 5.89. The van der Waals surface area contributed by atoms with Gasteiger partial charge in [-0.15, -0.1) is 0 Å². The first-order valence-electron chi connectivity index (χ1n) is 5.14. The van der Waals surface area contributed by atoms with Gasteiger partial charge in [-0.25, -0.2) is 8.42 Å². The summed E-state index contributed by atoms with van der Waals surface area (Å²) in [5.74, 6) is 0.164. The van der Waals surface area contributed by atoms with Crippen LogP contribution in [0.15, 0.2) is 12.3 Å². The molecular formula is C9H15N3O2S. The molecule has 2 heterocycles. The quantitative estimate of drug-likeness (QED) is 0.837. The van der Waals surface area contributed by atoms with Gasteiger partial charge in [-0.05, 0) is 25.8 Å². The maximum absolute atomic E-state index is 11.8. The third-order valence-corrected chi connectivity index (χ3v) is 4.69. The van der Waals surface area contributed by atoms with Crippen LogP contribution in [0, 0.1) is 0 Å². The third kappa shape index (κ3) is 1.91. The molecule has 1 N–H and O–H groups in total. The van der Waals surface area contributed by atoms with Crippen LogP contribution in [-0.2, 0) is 10.0 Å². The number of aromatic amines is 1. The van der Waals surface area contributed by atoms with Crippen molar-refractivity contribution < 1.29 is 8.42 Å². The molecule has 1 aromatic heterocycles. The first-order chi connectivity index (χ1) is 7.15. The van der Waals surface area contributed by atoms with Gasteiger partial charge in [0.2, 0.25) is 10.0 Å². The molecule has 0 spiro atoms. The molecule has 0 unspecified atom stereocenters. The van der Waals surface area contributed by atoms with Crippen molar-refractivity contribution in [2.45, 2.75) is 25.8 Å². The molecule has 1 atom stereocenters. The molecule has 5 nitrogen and oxygen atoms in total. The van der Waals surface area contributed by atoms with Gasteiger partial charge in [-0.1, -0.05) is 0 Å². The highest BCUT2D eigenvalue weighted by Gasteiger charge is 2.34. The lowest BCUT2D eigenvalue weighted by Crippen LogP contribution is -2.32. The summed E-state index contributed by atoms with van der Waals surface area (Å²) in [5, 5.41) is 6.71. The van der Waals surface area contributed by atoms with E-state index in [1.165, 1.54) is 0 Å². The van der Waals surface area contributed by atoms with Gasteiger partial charge < -0.3 is 0 Å². The molecule has 0 amide bonds. The summed E-state index contributed by atoms with van der Waals surface area (Å²) >= 11 is 0. The van der Waals surface area contributed by atoms with Crippen molar-refractivity contribution >= 4 is 10.0 Å². The minimum atomic E-state index is -3.09. The second kappa shape index (κ2) is 3.94. The highest BCUT2D eigenvalue weighted by molar-refractivity contribution is 7.89. The SMILES string of the molecule is CCS(=O)(=O)N1CCC[C@@H]1c1ccn[nH]1. The van der Waals surface area contributed by atoms with Crippen molar-refractivity contribution in [3.8, 4) is 0 Å². The molecule has 84 valence electrons. The van der Waals surface area contributed by atoms with Crippen molar-refractivity contribution in [1.29, 1.82) is 0 Å². The van der Waals surface area contributed by atoms with Gasteiger partial charge >= 0.3 is 0 Å². The Bertz CT molecular complexity index is 413. The fourth-order valence-electron chi connectivity index (χ4n) is 2.00. The molecular weight excluding hydrogens is 214 g/mol. The lowest BCUT2D eigenvalue weighted by Gasteiger charge is -2.22. The van der Waals surface area contributed by atoms with Gasteiger partial charge in [-0.2, -0.15) is 9.40 Å². The van der Waals surface area contributed by atoms with Crippen LogP contribution in [0.1, 0.15) is 31.5 Å². The van der Waals surface area contributed by atoms with E-state index in [1.54, 1.807) is 17.4 Å². The van der Waals surface area contributed by atoms with Crippen LogP contribution in [0.4, 0.5) is 0 Å². The largest absolute Gasteiger partial charge is 0.281 e. The van der Waals surface area contributed by atoms with Gasteiger partial charge in [0.25, 0.3) is 0 Å². The van der Waals surface area contributed by atoms with E-state index in [-0.39, 0.29) is 11.8 Å². The lowest BCUT2D eigenvalue weighted by atomic mass is 10.2. The highest BCUT2D eigenvalue weighted by Crippen LogP contribution is 2.32. The number of hydrogen-bond donors (Lipinski definition) is 1. The van der Waals surface area contributed by atoms with Crippen LogP contribution < -0.4 is 0 Å². The Morgan fingerprint density at radius 2 is 2.47 bits per heavy atom. The number of nitrogens with one attached hydrogen (secondary N) is 1. The maximum Gasteiger partial charge on any atom is 0.214 e. The van der Waals surface area contributed by atoms with Crippen LogP contribution in [0.5, 0.6) is 0 Å². The Labute approximate surface area is 89.5 Å². The Balaban J connectivity index is 2.27. The first kappa shape index (κ1) is 10.6. The molecule has 0 saturated carbocycles. The number of nitrogens with zero attached hydrogens (tertiary/aromatic N) is 2. The Morgan fingerprint density at radius 1 is 1.67 bits per heavy atom. The molecule has 1 aliphatic heterocycles. The second-order valence-electron chi connectivity index (χ2n) is 3.68. The van der Waals surface area contributed by atoms with E-state index in [9.17, 15) is 8.42 Å². The summed E-state index contributed by atoms with van der Waals surface area (Å²) < 4.78 is 25.2. The Morgan fingerprint density at radius 3 is 3.07 bits per heavy atom. The van der Waals surface area contributed by atoms with E-state index in [0.717, 1.165) is 18.5 Å². The van der Waals surface area contributed by atoms with Gasteiger partial charge in [0.05, 0.1) is 17.5 Å². The summed E-state index contributed by atoms with van der Waals surface area (Å²) in [7, 11) is -3.09. The highest BCUT2D eigenvalue weighted by atomic mass is 32.2. The van der Waals surface area contributed by atoms with Crippen molar-refractivity contribution in [2.75, 3.05) is 12.3 Å². The summed E-state index contributed by atoms with van der Waals surface area (Å²) in [6.07, 6.45) is 3.45. The van der Waals surface area contributed by atoms with Gasteiger partial charge in [-0.3, -0.25) is 5.10 Å².